The molecule has 0 saturated carbocycles. The first-order valence-electron chi connectivity index (χ1n) is 6.82. The third-order valence-electron chi connectivity index (χ3n) is 3.39. The maximum absolute atomic E-state index is 11.6. The van der Waals surface area contributed by atoms with E-state index < -0.39 is 0 Å². The van der Waals surface area contributed by atoms with Crippen LogP contribution in [0.1, 0.15) is 52.1 Å². The number of ketones is 2. The van der Waals surface area contributed by atoms with Crippen LogP contribution in [0.25, 0.3) is 0 Å². The predicted octanol–water partition coefficient (Wildman–Crippen LogP) is 4.07. The van der Waals surface area contributed by atoms with E-state index in [1.54, 1.807) is 6.92 Å². The summed E-state index contributed by atoms with van der Waals surface area (Å²) >= 11 is 0. The predicted molar refractivity (Wildman–Crippen MR) is 80.3 cm³/mol. The number of carbonyl (C=O) groups excluding carboxylic acids is 2. The Bertz CT molecular complexity index is 624. The van der Waals surface area contributed by atoms with E-state index in [2.05, 4.69) is 0 Å². The molecule has 2 heteroatoms. The molecule has 20 heavy (non-hydrogen) atoms. The number of hydrogen-bond donors (Lipinski definition) is 0. The molecule has 0 aliphatic carbocycles. The van der Waals surface area contributed by atoms with Gasteiger partial charge in [-0.05, 0) is 24.5 Å². The molecule has 102 valence electrons. The van der Waals surface area contributed by atoms with Gasteiger partial charge in [0.25, 0.3) is 0 Å². The smallest absolute Gasteiger partial charge is 0.162 e. The van der Waals surface area contributed by atoms with E-state index in [1.165, 1.54) is 0 Å². The Morgan fingerprint density at radius 2 is 1.60 bits per heavy atom. The van der Waals surface area contributed by atoms with E-state index in [9.17, 15) is 9.59 Å². The van der Waals surface area contributed by atoms with E-state index in [1.807, 2.05) is 55.5 Å². The van der Waals surface area contributed by atoms with Crippen LogP contribution in [0, 0.1) is 0 Å². The van der Waals surface area contributed by atoms with E-state index >= 15 is 0 Å². The Balaban J connectivity index is 2.23. The summed E-state index contributed by atoms with van der Waals surface area (Å²) in [6.45, 7) is 3.45. The molecule has 2 aromatic carbocycles. The molecular formula is C18H18O2. The van der Waals surface area contributed by atoms with E-state index in [0.29, 0.717) is 12.8 Å². The third kappa shape index (κ3) is 3.21. The van der Waals surface area contributed by atoms with Crippen molar-refractivity contribution in [3.05, 3.63) is 70.8 Å². The van der Waals surface area contributed by atoms with E-state index in [0.717, 1.165) is 22.3 Å². The average molecular weight is 266 g/mol. The zero-order valence-electron chi connectivity index (χ0n) is 11.8. The summed E-state index contributed by atoms with van der Waals surface area (Å²) < 4.78 is 0. The second-order valence-corrected chi connectivity index (χ2v) is 4.86. The van der Waals surface area contributed by atoms with Gasteiger partial charge in [-0.3, -0.25) is 9.59 Å². The highest BCUT2D eigenvalue weighted by Gasteiger charge is 2.08. The van der Waals surface area contributed by atoms with Gasteiger partial charge >= 0.3 is 0 Å². The van der Waals surface area contributed by atoms with Crippen LogP contribution in [-0.2, 0) is 6.42 Å². The van der Waals surface area contributed by atoms with Crippen molar-refractivity contribution in [2.75, 3.05) is 0 Å². The molecule has 0 spiro atoms. The van der Waals surface area contributed by atoms with Gasteiger partial charge in [0.2, 0.25) is 0 Å². The molecule has 0 saturated heterocycles. The molecule has 0 heterocycles. The van der Waals surface area contributed by atoms with Crippen LogP contribution in [0.3, 0.4) is 0 Å². The standard InChI is InChI=1S/C18H18O2/c1-3-18(20)15-10-8-14(9-11-15)12-16-6-4-5-7-17(16)13(2)19/h4-11H,3,12H2,1-2H3. The Hall–Kier alpha value is -2.22. The van der Waals surface area contributed by atoms with Gasteiger partial charge in [-0.15, -0.1) is 0 Å². The topological polar surface area (TPSA) is 34.1 Å². The number of hydrogen-bond acceptors (Lipinski definition) is 2. The van der Waals surface area contributed by atoms with Crippen LogP contribution in [0.15, 0.2) is 48.5 Å². The van der Waals surface area contributed by atoms with Gasteiger partial charge in [-0.2, -0.15) is 0 Å². The van der Waals surface area contributed by atoms with Crippen LogP contribution in [0.2, 0.25) is 0 Å². The molecule has 0 aliphatic rings. The monoisotopic (exact) mass is 266 g/mol. The first kappa shape index (κ1) is 14.2. The van der Waals surface area contributed by atoms with Gasteiger partial charge in [0.15, 0.2) is 11.6 Å². The average Bonchev–Trinajstić information content (AvgIpc) is 2.47. The largest absolute Gasteiger partial charge is 0.295 e. The molecule has 0 atom stereocenters. The maximum atomic E-state index is 11.6. The number of benzene rings is 2. The molecule has 2 rings (SSSR count). The molecule has 0 amide bonds. The minimum atomic E-state index is 0.0818. The lowest BCUT2D eigenvalue weighted by atomic mass is 9.96. The number of carbonyl (C=O) groups is 2. The fourth-order valence-corrected chi connectivity index (χ4v) is 2.25. The summed E-state index contributed by atoms with van der Waals surface area (Å²) in [6.07, 6.45) is 1.23. The molecule has 2 aromatic rings. The van der Waals surface area contributed by atoms with E-state index in [-0.39, 0.29) is 11.6 Å². The lowest BCUT2D eigenvalue weighted by Gasteiger charge is -2.07. The lowest BCUT2D eigenvalue weighted by Crippen LogP contribution is -2.01. The highest BCUT2D eigenvalue weighted by Crippen LogP contribution is 2.16. The first-order valence-corrected chi connectivity index (χ1v) is 6.82. The minimum Gasteiger partial charge on any atom is -0.295 e. The lowest BCUT2D eigenvalue weighted by molar-refractivity contribution is 0.0986. The summed E-state index contributed by atoms with van der Waals surface area (Å²) in [5.41, 5.74) is 3.64. The van der Waals surface area contributed by atoms with Crippen LogP contribution in [0.4, 0.5) is 0 Å². The molecule has 2 nitrogen and oxygen atoms in total. The van der Waals surface area contributed by atoms with Crippen molar-refractivity contribution in [3.63, 3.8) is 0 Å². The molecule has 0 radical (unpaired) electrons. The Kier molecular flexibility index (Phi) is 4.46. The second kappa shape index (κ2) is 6.29. The number of Topliss-reactive ketones (excluding diaryl/α,β-unsaturated/α-hetero) is 2. The van der Waals surface area contributed by atoms with Gasteiger partial charge < -0.3 is 0 Å². The second-order valence-electron chi connectivity index (χ2n) is 4.86. The maximum Gasteiger partial charge on any atom is 0.162 e. The van der Waals surface area contributed by atoms with Crippen molar-refractivity contribution in [1.82, 2.24) is 0 Å². The van der Waals surface area contributed by atoms with Crippen molar-refractivity contribution in [2.24, 2.45) is 0 Å². The summed E-state index contributed by atoms with van der Waals surface area (Å²) in [4.78, 5) is 23.2. The van der Waals surface area contributed by atoms with Gasteiger partial charge in [0, 0.05) is 17.5 Å². The van der Waals surface area contributed by atoms with Gasteiger partial charge in [-0.1, -0.05) is 55.5 Å². The minimum absolute atomic E-state index is 0.0818. The number of rotatable bonds is 5. The highest BCUT2D eigenvalue weighted by atomic mass is 16.1. The molecule has 0 aromatic heterocycles. The van der Waals surface area contributed by atoms with Crippen molar-refractivity contribution in [3.8, 4) is 0 Å². The molecule has 0 N–H and O–H groups in total. The fourth-order valence-electron chi connectivity index (χ4n) is 2.25. The quantitative estimate of drug-likeness (QED) is 0.764. The molecule has 0 bridgehead atoms. The third-order valence-corrected chi connectivity index (χ3v) is 3.39. The van der Waals surface area contributed by atoms with Crippen LogP contribution in [0.5, 0.6) is 0 Å². The zero-order chi connectivity index (χ0) is 14.5. The molecule has 0 fully saturated rings. The summed E-state index contributed by atoms with van der Waals surface area (Å²) in [5.74, 6) is 0.235. The Morgan fingerprint density at radius 3 is 2.20 bits per heavy atom. The SMILES string of the molecule is CCC(=O)c1ccc(Cc2ccccc2C(C)=O)cc1. The van der Waals surface area contributed by atoms with Gasteiger partial charge in [0.05, 0.1) is 0 Å². The molecule has 0 aliphatic heterocycles. The van der Waals surface area contributed by atoms with Crippen molar-refractivity contribution < 1.29 is 9.59 Å². The summed E-state index contributed by atoms with van der Waals surface area (Å²) in [7, 11) is 0. The van der Waals surface area contributed by atoms with Crippen LogP contribution < -0.4 is 0 Å². The summed E-state index contributed by atoms with van der Waals surface area (Å²) in [5, 5.41) is 0. The molecular weight excluding hydrogens is 248 g/mol. The van der Waals surface area contributed by atoms with Crippen molar-refractivity contribution >= 4 is 11.6 Å². The van der Waals surface area contributed by atoms with Crippen molar-refractivity contribution in [2.45, 2.75) is 26.7 Å². The Morgan fingerprint density at radius 1 is 0.950 bits per heavy atom. The summed E-state index contributed by atoms with van der Waals surface area (Å²) in [6, 6.07) is 15.3. The van der Waals surface area contributed by atoms with Crippen LogP contribution in [-0.4, -0.2) is 11.6 Å². The first-order chi connectivity index (χ1) is 9.61. The highest BCUT2D eigenvalue weighted by molar-refractivity contribution is 5.96. The van der Waals surface area contributed by atoms with Gasteiger partial charge in [0.1, 0.15) is 0 Å². The van der Waals surface area contributed by atoms with E-state index in [4.69, 9.17) is 0 Å². The molecule has 0 unspecified atom stereocenters. The zero-order valence-corrected chi connectivity index (χ0v) is 11.8. The van der Waals surface area contributed by atoms with Gasteiger partial charge in [-0.25, -0.2) is 0 Å². The Labute approximate surface area is 119 Å². The van der Waals surface area contributed by atoms with Crippen LogP contribution >= 0.6 is 0 Å². The normalized spacial score (nSPS) is 10.3. The fraction of sp³-hybridized carbons (Fsp3) is 0.222. The van der Waals surface area contributed by atoms with Crippen molar-refractivity contribution in [1.29, 1.82) is 0 Å².